The molecule has 9 heteroatoms. The molecule has 3 aromatic rings. The summed E-state index contributed by atoms with van der Waals surface area (Å²) in [6, 6.07) is 16.5. The normalized spacial score (nSPS) is 21.4. The number of carbonyl (C=O) groups excluding carboxylic acids is 2. The molecule has 2 heterocycles. The number of nitrogens with zero attached hydrogens (tertiary/aromatic N) is 1. The number of nitrogens with one attached hydrogen (secondary N) is 2. The molecule has 2 amide bonds. The van der Waals surface area contributed by atoms with Crippen molar-refractivity contribution < 1.29 is 28.2 Å². The number of benzene rings is 3. The molecule has 0 saturated carbocycles. The molecule has 3 aromatic carbocycles. The number of amides is 2. The van der Waals surface area contributed by atoms with E-state index in [1.807, 2.05) is 42.2 Å². The quantitative estimate of drug-likeness (QED) is 0.315. The number of carbonyl (C=O) groups is 2. The van der Waals surface area contributed by atoms with Gasteiger partial charge in [0, 0.05) is 48.8 Å². The van der Waals surface area contributed by atoms with Crippen molar-refractivity contribution >= 4 is 11.8 Å². The van der Waals surface area contributed by atoms with E-state index < -0.39 is 35.7 Å². The van der Waals surface area contributed by atoms with Crippen LogP contribution in [0.15, 0.2) is 66.7 Å². The SMILES string of the molecule is CC[C@H]1CCCN1C(=O)c1cc(C)cc(C(=O)N[C@@H](Cc2cc(F)cc(F)c2)[C@H](O)[C@H]2C[C@@H](Oc3ccccc3)CN2)c1. The van der Waals surface area contributed by atoms with E-state index in [4.69, 9.17) is 4.74 Å². The lowest BCUT2D eigenvalue weighted by atomic mass is 9.94. The van der Waals surface area contributed by atoms with E-state index in [0.717, 1.165) is 30.9 Å². The van der Waals surface area contributed by atoms with E-state index in [1.165, 1.54) is 12.1 Å². The third kappa shape index (κ3) is 7.58. The first-order valence-electron chi connectivity index (χ1n) is 15.0. The summed E-state index contributed by atoms with van der Waals surface area (Å²) in [7, 11) is 0. The molecule has 228 valence electrons. The minimum Gasteiger partial charge on any atom is -0.489 e. The maximum Gasteiger partial charge on any atom is 0.254 e. The highest BCUT2D eigenvalue weighted by Gasteiger charge is 2.36. The third-order valence-electron chi connectivity index (χ3n) is 8.39. The van der Waals surface area contributed by atoms with Crippen molar-refractivity contribution in [3.05, 3.63) is 101 Å². The number of aliphatic hydroxyl groups is 1. The zero-order chi connectivity index (χ0) is 30.5. The summed E-state index contributed by atoms with van der Waals surface area (Å²) in [4.78, 5) is 28.9. The van der Waals surface area contributed by atoms with Gasteiger partial charge in [-0.05, 0) is 86.2 Å². The molecule has 0 radical (unpaired) electrons. The third-order valence-corrected chi connectivity index (χ3v) is 8.39. The van der Waals surface area contributed by atoms with Crippen LogP contribution in [0.25, 0.3) is 0 Å². The lowest BCUT2D eigenvalue weighted by Crippen LogP contribution is -2.52. The molecule has 0 spiro atoms. The van der Waals surface area contributed by atoms with Gasteiger partial charge in [-0.2, -0.15) is 0 Å². The molecule has 7 nitrogen and oxygen atoms in total. The highest BCUT2D eigenvalue weighted by atomic mass is 19.1. The van der Waals surface area contributed by atoms with Crippen molar-refractivity contribution in [1.82, 2.24) is 15.5 Å². The Kier molecular flexibility index (Phi) is 9.72. The molecule has 2 saturated heterocycles. The smallest absolute Gasteiger partial charge is 0.254 e. The van der Waals surface area contributed by atoms with Crippen LogP contribution >= 0.6 is 0 Å². The molecule has 0 aliphatic carbocycles. The van der Waals surface area contributed by atoms with Crippen LogP contribution in [0.5, 0.6) is 5.75 Å². The number of aliphatic hydroxyl groups excluding tert-OH is 1. The van der Waals surface area contributed by atoms with Gasteiger partial charge < -0.3 is 25.4 Å². The van der Waals surface area contributed by atoms with Gasteiger partial charge >= 0.3 is 0 Å². The van der Waals surface area contributed by atoms with Crippen LogP contribution in [-0.4, -0.2) is 65.2 Å². The van der Waals surface area contributed by atoms with Crippen molar-refractivity contribution in [2.75, 3.05) is 13.1 Å². The van der Waals surface area contributed by atoms with Crippen LogP contribution in [0.1, 0.15) is 64.4 Å². The lowest BCUT2D eigenvalue weighted by Gasteiger charge is -2.29. The molecule has 2 aliphatic heterocycles. The second kappa shape index (κ2) is 13.7. The van der Waals surface area contributed by atoms with Gasteiger partial charge in [0.25, 0.3) is 11.8 Å². The van der Waals surface area contributed by atoms with Gasteiger partial charge in [-0.25, -0.2) is 8.78 Å². The van der Waals surface area contributed by atoms with Crippen LogP contribution in [0.4, 0.5) is 8.78 Å². The summed E-state index contributed by atoms with van der Waals surface area (Å²) in [5.41, 5.74) is 1.78. The number of halogens is 2. The molecule has 3 N–H and O–H groups in total. The summed E-state index contributed by atoms with van der Waals surface area (Å²) < 4.78 is 34.2. The second-order valence-electron chi connectivity index (χ2n) is 11.6. The Hall–Kier alpha value is -3.82. The van der Waals surface area contributed by atoms with Gasteiger partial charge in [0.15, 0.2) is 0 Å². The summed E-state index contributed by atoms with van der Waals surface area (Å²) in [6.45, 7) is 5.07. The summed E-state index contributed by atoms with van der Waals surface area (Å²) in [5.74, 6) is -1.35. The first-order valence-corrected chi connectivity index (χ1v) is 15.0. The number of hydrogen-bond acceptors (Lipinski definition) is 5. The summed E-state index contributed by atoms with van der Waals surface area (Å²) >= 11 is 0. The Morgan fingerprint density at radius 1 is 1.07 bits per heavy atom. The predicted molar refractivity (Wildman–Crippen MR) is 160 cm³/mol. The largest absolute Gasteiger partial charge is 0.489 e. The fourth-order valence-electron chi connectivity index (χ4n) is 6.28. The number of rotatable bonds is 10. The monoisotopic (exact) mass is 591 g/mol. The number of para-hydroxylation sites is 1. The number of ether oxygens (including phenoxy) is 1. The maximum absolute atomic E-state index is 14.1. The van der Waals surface area contributed by atoms with Crippen molar-refractivity contribution in [3.8, 4) is 5.75 Å². The fourth-order valence-corrected chi connectivity index (χ4v) is 6.28. The van der Waals surface area contributed by atoms with Gasteiger partial charge in [-0.3, -0.25) is 9.59 Å². The Labute approximate surface area is 251 Å². The van der Waals surface area contributed by atoms with Crippen molar-refractivity contribution in [1.29, 1.82) is 0 Å². The predicted octanol–water partition coefficient (Wildman–Crippen LogP) is 4.80. The Morgan fingerprint density at radius 3 is 2.51 bits per heavy atom. The van der Waals surface area contributed by atoms with Crippen molar-refractivity contribution in [3.63, 3.8) is 0 Å². The molecular formula is C34H39F2N3O4. The molecule has 0 bridgehead atoms. The topological polar surface area (TPSA) is 90.9 Å². The van der Waals surface area contributed by atoms with Crippen LogP contribution < -0.4 is 15.4 Å². The van der Waals surface area contributed by atoms with E-state index in [-0.39, 0.29) is 30.0 Å². The standard InChI is InChI=1S/C34H39F2N3O4/c1-3-27-8-7-11-39(27)34(42)24-13-21(2)12-23(17-24)33(41)38-31(16-22-14-25(35)18-26(36)15-22)32(40)30-19-29(20-37-30)43-28-9-5-4-6-10-28/h4-6,9-10,12-15,17-18,27,29-32,37,40H,3,7-8,11,16,19-20H2,1-2H3,(H,38,41)/t27-,29+,30+,31-,32+/m0/s1. The Balaban J connectivity index is 1.35. The molecule has 2 aliphatic rings. The molecule has 5 atom stereocenters. The van der Waals surface area contributed by atoms with Crippen LogP contribution in [-0.2, 0) is 6.42 Å². The first-order chi connectivity index (χ1) is 20.7. The number of hydrogen-bond donors (Lipinski definition) is 3. The van der Waals surface area contributed by atoms with Gasteiger partial charge in [-0.15, -0.1) is 0 Å². The first kappa shape index (κ1) is 30.6. The highest BCUT2D eigenvalue weighted by molar-refractivity contribution is 6.00. The molecule has 2 fully saturated rings. The average Bonchev–Trinajstić information content (AvgIpc) is 3.65. The van der Waals surface area contributed by atoms with Crippen LogP contribution in [0, 0.1) is 18.6 Å². The Morgan fingerprint density at radius 2 is 1.79 bits per heavy atom. The van der Waals surface area contributed by atoms with E-state index in [9.17, 15) is 23.5 Å². The van der Waals surface area contributed by atoms with Gasteiger partial charge in [0.2, 0.25) is 0 Å². The van der Waals surface area contributed by atoms with E-state index in [2.05, 4.69) is 17.6 Å². The molecular weight excluding hydrogens is 552 g/mol. The number of aryl methyl sites for hydroxylation is 1. The average molecular weight is 592 g/mol. The molecule has 0 aromatic heterocycles. The second-order valence-corrected chi connectivity index (χ2v) is 11.6. The van der Waals surface area contributed by atoms with E-state index in [0.29, 0.717) is 36.4 Å². The van der Waals surface area contributed by atoms with Gasteiger partial charge in [0.05, 0.1) is 12.1 Å². The van der Waals surface area contributed by atoms with Gasteiger partial charge in [0.1, 0.15) is 23.5 Å². The fraction of sp³-hybridized carbons (Fsp3) is 0.412. The zero-order valence-electron chi connectivity index (χ0n) is 24.6. The van der Waals surface area contributed by atoms with Crippen LogP contribution in [0.2, 0.25) is 0 Å². The van der Waals surface area contributed by atoms with Gasteiger partial charge in [-0.1, -0.05) is 25.1 Å². The van der Waals surface area contributed by atoms with Crippen molar-refractivity contribution in [2.24, 2.45) is 0 Å². The highest BCUT2D eigenvalue weighted by Crippen LogP contribution is 2.24. The number of likely N-dealkylation sites (tertiary alicyclic amines) is 1. The summed E-state index contributed by atoms with van der Waals surface area (Å²) in [5, 5.41) is 17.7. The summed E-state index contributed by atoms with van der Waals surface area (Å²) in [6.07, 6.45) is 1.96. The van der Waals surface area contributed by atoms with Crippen molar-refractivity contribution in [2.45, 2.75) is 76.3 Å². The minimum absolute atomic E-state index is 0.00641. The lowest BCUT2D eigenvalue weighted by molar-refractivity contribution is 0.0719. The molecule has 5 rings (SSSR count). The van der Waals surface area contributed by atoms with E-state index in [1.54, 1.807) is 18.2 Å². The van der Waals surface area contributed by atoms with Crippen LogP contribution in [0.3, 0.4) is 0 Å². The Bertz CT molecular complexity index is 1420. The van der Waals surface area contributed by atoms with E-state index >= 15 is 0 Å². The molecule has 0 unspecified atom stereocenters. The maximum atomic E-state index is 14.1. The zero-order valence-corrected chi connectivity index (χ0v) is 24.6. The molecule has 43 heavy (non-hydrogen) atoms. The minimum atomic E-state index is -1.10.